The van der Waals surface area contributed by atoms with Gasteiger partial charge in [-0.05, 0) is 55.8 Å². The molecule has 1 amide bonds. The zero-order valence-corrected chi connectivity index (χ0v) is 20.2. The molecule has 0 atom stereocenters. The minimum Gasteiger partial charge on any atom is -0.321 e. The van der Waals surface area contributed by atoms with E-state index in [1.807, 2.05) is 72.1 Å². The van der Waals surface area contributed by atoms with Crippen molar-refractivity contribution in [2.24, 2.45) is 0 Å². The maximum Gasteiger partial charge on any atom is 0.267 e. The normalized spacial score (nSPS) is 11.4. The van der Waals surface area contributed by atoms with Crippen LogP contribution in [0.5, 0.6) is 0 Å². The van der Waals surface area contributed by atoms with Gasteiger partial charge in [0.1, 0.15) is 9.88 Å². The summed E-state index contributed by atoms with van der Waals surface area (Å²) >= 11 is 3.08. The van der Waals surface area contributed by atoms with Gasteiger partial charge in [0.2, 0.25) is 0 Å². The number of benzene rings is 3. The van der Waals surface area contributed by atoms with E-state index in [9.17, 15) is 4.79 Å². The molecule has 166 valence electrons. The van der Waals surface area contributed by atoms with Gasteiger partial charge in [-0.2, -0.15) is 0 Å². The van der Waals surface area contributed by atoms with Gasteiger partial charge in [-0.15, -0.1) is 11.3 Å². The van der Waals surface area contributed by atoms with Crippen LogP contribution in [0.15, 0.2) is 79.0 Å². The zero-order chi connectivity index (χ0) is 23.2. The van der Waals surface area contributed by atoms with Crippen LogP contribution < -0.4 is 5.32 Å². The number of hydrogen-bond acceptors (Lipinski definition) is 5. The maximum absolute atomic E-state index is 13.0. The van der Waals surface area contributed by atoms with Crippen LogP contribution in [0, 0.1) is 13.8 Å². The summed E-state index contributed by atoms with van der Waals surface area (Å²) in [6, 6.07) is 24.2. The number of aromatic nitrogens is 3. The van der Waals surface area contributed by atoms with Gasteiger partial charge in [-0.25, -0.2) is 9.97 Å². The fourth-order valence-electron chi connectivity index (χ4n) is 3.95. The van der Waals surface area contributed by atoms with E-state index in [0.29, 0.717) is 4.88 Å². The van der Waals surface area contributed by atoms with Crippen molar-refractivity contribution < 1.29 is 4.79 Å². The third-order valence-corrected chi connectivity index (χ3v) is 7.99. The molecule has 0 aliphatic heterocycles. The molecule has 0 aliphatic rings. The maximum atomic E-state index is 13.0. The molecular weight excluding hydrogens is 460 g/mol. The van der Waals surface area contributed by atoms with Crippen LogP contribution >= 0.6 is 22.7 Å². The molecule has 0 saturated heterocycles. The van der Waals surface area contributed by atoms with Crippen molar-refractivity contribution in [2.45, 2.75) is 13.8 Å². The smallest absolute Gasteiger partial charge is 0.267 e. The summed E-state index contributed by atoms with van der Waals surface area (Å²) in [4.78, 5) is 23.9. The molecule has 7 heteroatoms. The zero-order valence-electron chi connectivity index (χ0n) is 18.6. The molecule has 6 rings (SSSR count). The van der Waals surface area contributed by atoms with Crippen molar-refractivity contribution in [3.05, 3.63) is 95.1 Å². The molecule has 5 nitrogen and oxygen atoms in total. The highest BCUT2D eigenvalue weighted by Gasteiger charge is 2.18. The number of amides is 1. The van der Waals surface area contributed by atoms with E-state index in [1.54, 1.807) is 11.3 Å². The van der Waals surface area contributed by atoms with E-state index in [0.717, 1.165) is 43.7 Å². The lowest BCUT2D eigenvalue weighted by molar-refractivity contribution is 0.102. The molecule has 3 aromatic carbocycles. The highest BCUT2D eigenvalue weighted by Crippen LogP contribution is 2.32. The van der Waals surface area contributed by atoms with E-state index in [-0.39, 0.29) is 5.91 Å². The Morgan fingerprint density at radius 2 is 1.68 bits per heavy atom. The predicted octanol–water partition coefficient (Wildman–Crippen LogP) is 7.21. The van der Waals surface area contributed by atoms with Crippen molar-refractivity contribution >= 4 is 49.4 Å². The van der Waals surface area contributed by atoms with Gasteiger partial charge in [-0.3, -0.25) is 9.20 Å². The first kappa shape index (κ1) is 20.8. The van der Waals surface area contributed by atoms with E-state index in [1.165, 1.54) is 21.6 Å². The third-order valence-electron chi connectivity index (χ3n) is 5.77. The highest BCUT2D eigenvalue weighted by molar-refractivity contribution is 7.21. The fourth-order valence-corrected chi connectivity index (χ4v) is 6.02. The molecule has 34 heavy (non-hydrogen) atoms. The quantitative estimate of drug-likeness (QED) is 0.290. The number of rotatable bonds is 4. The van der Waals surface area contributed by atoms with E-state index >= 15 is 0 Å². The third kappa shape index (κ3) is 3.69. The first-order valence-electron chi connectivity index (χ1n) is 10.9. The number of carbonyl (C=O) groups excluding carboxylic acids is 1. The minimum absolute atomic E-state index is 0.127. The first-order chi connectivity index (χ1) is 16.5. The Bertz CT molecular complexity index is 1660. The summed E-state index contributed by atoms with van der Waals surface area (Å²) in [6.07, 6.45) is 1.99. The SMILES string of the molecule is Cc1ccc2nc(-c3ccc(NC(=O)c4sc5nc(-c6ccccc6)cn5c4C)cc3)sc2c1. The van der Waals surface area contributed by atoms with Gasteiger partial charge in [0.25, 0.3) is 5.91 Å². The number of thiazole rings is 2. The lowest BCUT2D eigenvalue weighted by Gasteiger charge is -2.05. The number of nitrogens with one attached hydrogen (secondary N) is 1. The molecule has 3 aromatic heterocycles. The topological polar surface area (TPSA) is 59.3 Å². The summed E-state index contributed by atoms with van der Waals surface area (Å²) < 4.78 is 3.17. The lowest BCUT2D eigenvalue weighted by atomic mass is 10.2. The summed E-state index contributed by atoms with van der Waals surface area (Å²) in [7, 11) is 0. The number of carbonyl (C=O) groups is 1. The average molecular weight is 481 g/mol. The van der Waals surface area contributed by atoms with Crippen molar-refractivity contribution in [1.29, 1.82) is 0 Å². The first-order valence-corrected chi connectivity index (χ1v) is 12.5. The molecule has 0 fully saturated rings. The van der Waals surface area contributed by atoms with Crippen molar-refractivity contribution in [3.8, 4) is 21.8 Å². The second kappa shape index (κ2) is 8.20. The molecule has 0 saturated carbocycles. The number of nitrogens with zero attached hydrogens (tertiary/aromatic N) is 3. The molecule has 0 unspecified atom stereocenters. The Labute approximate surface area is 204 Å². The summed E-state index contributed by atoms with van der Waals surface area (Å²) in [5.41, 5.74) is 6.88. The molecule has 0 aliphatic carbocycles. The molecular formula is C27H20N4OS2. The van der Waals surface area contributed by atoms with E-state index in [4.69, 9.17) is 9.97 Å². The Hall–Kier alpha value is -3.81. The predicted molar refractivity (Wildman–Crippen MR) is 141 cm³/mol. The van der Waals surface area contributed by atoms with Crippen molar-refractivity contribution in [1.82, 2.24) is 14.4 Å². The van der Waals surface area contributed by atoms with E-state index < -0.39 is 0 Å². The molecule has 1 N–H and O–H groups in total. The van der Waals surface area contributed by atoms with Crippen LogP contribution in [0.4, 0.5) is 5.69 Å². The Morgan fingerprint density at radius 3 is 2.44 bits per heavy atom. The molecule has 0 radical (unpaired) electrons. The fraction of sp³-hybridized carbons (Fsp3) is 0.0741. The van der Waals surface area contributed by atoms with Crippen molar-refractivity contribution in [2.75, 3.05) is 5.32 Å². The average Bonchev–Trinajstić information content (AvgIpc) is 3.54. The number of aryl methyl sites for hydroxylation is 2. The van der Waals surface area contributed by atoms with Crippen LogP contribution in [0.1, 0.15) is 20.9 Å². The second-order valence-corrected chi connectivity index (χ2v) is 10.2. The lowest BCUT2D eigenvalue weighted by Crippen LogP contribution is -2.11. The van der Waals surface area contributed by atoms with Gasteiger partial charge >= 0.3 is 0 Å². The standard InChI is InChI=1S/C27H20N4OS2/c1-16-8-13-21-23(14-16)33-26(29-21)19-9-11-20(12-10-19)28-25(32)24-17(2)31-15-22(30-27(31)34-24)18-6-4-3-5-7-18/h3-15H,1-2H3,(H,28,32). The number of imidazole rings is 1. The molecule has 3 heterocycles. The van der Waals surface area contributed by atoms with Gasteiger partial charge in [-0.1, -0.05) is 47.7 Å². The van der Waals surface area contributed by atoms with Crippen LogP contribution in [0.25, 0.3) is 37.0 Å². The van der Waals surface area contributed by atoms with Crippen LogP contribution in [-0.4, -0.2) is 20.3 Å². The number of hydrogen-bond donors (Lipinski definition) is 1. The molecule has 6 aromatic rings. The largest absolute Gasteiger partial charge is 0.321 e. The monoisotopic (exact) mass is 480 g/mol. The minimum atomic E-state index is -0.127. The van der Waals surface area contributed by atoms with Crippen LogP contribution in [0.2, 0.25) is 0 Å². The Kier molecular flexibility index (Phi) is 5.01. The molecule has 0 spiro atoms. The number of anilines is 1. The highest BCUT2D eigenvalue weighted by atomic mass is 32.1. The second-order valence-electron chi connectivity index (χ2n) is 8.18. The van der Waals surface area contributed by atoms with E-state index in [2.05, 4.69) is 30.4 Å². The van der Waals surface area contributed by atoms with Gasteiger partial charge in [0.05, 0.1) is 15.9 Å². The van der Waals surface area contributed by atoms with Crippen LogP contribution in [-0.2, 0) is 0 Å². The van der Waals surface area contributed by atoms with Crippen molar-refractivity contribution in [3.63, 3.8) is 0 Å². The van der Waals surface area contributed by atoms with Gasteiger partial charge in [0, 0.05) is 28.7 Å². The summed E-state index contributed by atoms with van der Waals surface area (Å²) in [5, 5.41) is 4.00. The summed E-state index contributed by atoms with van der Waals surface area (Å²) in [6.45, 7) is 4.04. The van der Waals surface area contributed by atoms with Gasteiger partial charge in [0.15, 0.2) is 4.96 Å². The Balaban J connectivity index is 1.22. The Morgan fingerprint density at radius 1 is 0.882 bits per heavy atom. The number of fused-ring (bicyclic) bond motifs is 2. The summed E-state index contributed by atoms with van der Waals surface area (Å²) in [5.74, 6) is -0.127. The van der Waals surface area contributed by atoms with Crippen LogP contribution in [0.3, 0.4) is 0 Å². The molecule has 0 bridgehead atoms. The van der Waals surface area contributed by atoms with Gasteiger partial charge < -0.3 is 5.32 Å².